The van der Waals surface area contributed by atoms with Crippen LogP contribution in [0, 0.1) is 21.4 Å². The number of nitrogens with zero attached hydrogens (tertiary/aromatic N) is 2. The number of nitro benzene ring substituents is 1. The minimum Gasteiger partial charge on any atom is -0.493 e. The molecule has 0 fully saturated rings. The van der Waals surface area contributed by atoms with Gasteiger partial charge in [0.1, 0.15) is 11.6 Å². The minimum atomic E-state index is -0.753. The Morgan fingerprint density at radius 1 is 1.14 bits per heavy atom. The van der Waals surface area contributed by atoms with Crippen molar-refractivity contribution in [3.63, 3.8) is 0 Å². The van der Waals surface area contributed by atoms with Crippen molar-refractivity contribution in [1.82, 2.24) is 0 Å². The van der Waals surface area contributed by atoms with E-state index in [1.165, 1.54) is 43.5 Å². The van der Waals surface area contributed by atoms with Crippen LogP contribution in [-0.4, -0.2) is 30.5 Å². The molecule has 3 rings (SSSR count). The van der Waals surface area contributed by atoms with Gasteiger partial charge in [0.25, 0.3) is 17.5 Å². The Morgan fingerprint density at radius 2 is 1.86 bits per heavy atom. The van der Waals surface area contributed by atoms with Crippen LogP contribution in [0.4, 0.5) is 17.1 Å². The number of carbonyl (C=O) groups is 2. The largest absolute Gasteiger partial charge is 0.493 e. The summed E-state index contributed by atoms with van der Waals surface area (Å²) in [5.74, 6) is -0.677. The van der Waals surface area contributed by atoms with Gasteiger partial charge < -0.3 is 20.1 Å². The van der Waals surface area contributed by atoms with Crippen molar-refractivity contribution in [3.05, 3.63) is 91.4 Å². The van der Waals surface area contributed by atoms with Crippen LogP contribution in [0.5, 0.6) is 11.5 Å². The molecule has 0 spiro atoms. The van der Waals surface area contributed by atoms with Crippen LogP contribution in [0.15, 0.2) is 70.7 Å². The average molecular weight is 586 g/mol. The number of nitro groups is 1. The molecule has 12 heteroatoms. The number of amides is 2. The molecule has 0 aromatic heterocycles. The van der Waals surface area contributed by atoms with Gasteiger partial charge in [0.05, 0.1) is 16.5 Å². The third-order valence-corrected chi connectivity index (χ3v) is 5.56. The first-order valence-electron chi connectivity index (χ1n) is 10.4. The Kier molecular flexibility index (Phi) is 9.21. The molecular formula is C25H18BrClN4O6. The molecule has 37 heavy (non-hydrogen) atoms. The van der Waals surface area contributed by atoms with Crippen LogP contribution in [0.25, 0.3) is 6.08 Å². The van der Waals surface area contributed by atoms with Gasteiger partial charge in [-0.25, -0.2) is 0 Å². The molecule has 2 N–H and O–H groups in total. The van der Waals surface area contributed by atoms with Crippen molar-refractivity contribution < 1.29 is 24.0 Å². The van der Waals surface area contributed by atoms with Gasteiger partial charge in [-0.05, 0) is 70.0 Å². The Labute approximate surface area is 224 Å². The van der Waals surface area contributed by atoms with Crippen LogP contribution < -0.4 is 20.1 Å². The quantitative estimate of drug-likeness (QED) is 0.144. The summed E-state index contributed by atoms with van der Waals surface area (Å²) in [5.41, 5.74) is 0.687. The van der Waals surface area contributed by atoms with Crippen molar-refractivity contribution in [3.8, 4) is 17.6 Å². The molecule has 0 radical (unpaired) electrons. The molecule has 3 aromatic carbocycles. The van der Waals surface area contributed by atoms with Gasteiger partial charge in [-0.15, -0.1) is 0 Å². The SMILES string of the molecule is COc1cc(/C=C(\C#N)C(=O)Nc2cccc([N+](=O)[O-])c2)cc(Br)c1OCC(=O)Nc1ccc(Cl)cc1. The fourth-order valence-electron chi connectivity index (χ4n) is 3.04. The first-order chi connectivity index (χ1) is 17.7. The molecule has 10 nitrogen and oxygen atoms in total. The highest BCUT2D eigenvalue weighted by Gasteiger charge is 2.16. The van der Waals surface area contributed by atoms with Crippen LogP contribution in [0.2, 0.25) is 5.02 Å². The summed E-state index contributed by atoms with van der Waals surface area (Å²) in [5, 5.41) is 26.1. The van der Waals surface area contributed by atoms with Gasteiger partial charge in [-0.1, -0.05) is 17.7 Å². The lowest BCUT2D eigenvalue weighted by molar-refractivity contribution is -0.384. The lowest BCUT2D eigenvalue weighted by atomic mass is 10.1. The van der Waals surface area contributed by atoms with E-state index in [-0.39, 0.29) is 35.1 Å². The summed E-state index contributed by atoms with van der Waals surface area (Å²) in [6.07, 6.45) is 1.32. The zero-order chi connectivity index (χ0) is 26.9. The molecule has 0 saturated heterocycles. The normalized spacial score (nSPS) is 10.7. The third-order valence-electron chi connectivity index (χ3n) is 4.72. The molecule has 188 valence electrons. The smallest absolute Gasteiger partial charge is 0.271 e. The number of nitrogens with one attached hydrogen (secondary N) is 2. The Balaban J connectivity index is 1.74. The second-order valence-electron chi connectivity index (χ2n) is 7.31. The Hall–Kier alpha value is -4.40. The molecule has 0 saturated carbocycles. The molecule has 0 atom stereocenters. The van der Waals surface area contributed by atoms with Gasteiger partial charge >= 0.3 is 0 Å². The van der Waals surface area contributed by atoms with Crippen molar-refractivity contribution in [1.29, 1.82) is 5.26 Å². The van der Waals surface area contributed by atoms with E-state index in [1.54, 1.807) is 30.3 Å². The maximum absolute atomic E-state index is 12.6. The standard InChI is InChI=1S/C25H18BrClN4O6/c1-36-22-11-15(9-16(13-28)25(33)30-19-3-2-4-20(12-19)31(34)35)10-21(26)24(22)37-14-23(32)29-18-7-5-17(27)6-8-18/h2-12H,14H2,1H3,(H,29,32)(H,30,33)/b16-9+. The summed E-state index contributed by atoms with van der Waals surface area (Å²) >= 11 is 9.20. The number of benzene rings is 3. The summed E-state index contributed by atoms with van der Waals surface area (Å²) in [7, 11) is 1.40. The number of anilines is 2. The highest BCUT2D eigenvalue weighted by atomic mass is 79.9. The molecule has 0 aliphatic rings. The summed E-state index contributed by atoms with van der Waals surface area (Å²) < 4.78 is 11.4. The van der Waals surface area contributed by atoms with Crippen molar-refractivity contribution in [2.24, 2.45) is 0 Å². The van der Waals surface area contributed by atoms with Crippen LogP contribution in [0.1, 0.15) is 5.56 Å². The van der Waals surface area contributed by atoms with Crippen molar-refractivity contribution >= 4 is 62.5 Å². The van der Waals surface area contributed by atoms with Gasteiger partial charge in [0.15, 0.2) is 18.1 Å². The lowest BCUT2D eigenvalue weighted by Gasteiger charge is -2.14. The second-order valence-corrected chi connectivity index (χ2v) is 8.60. The molecule has 2 amide bonds. The van der Waals surface area contributed by atoms with Gasteiger partial charge in [-0.2, -0.15) is 5.26 Å². The van der Waals surface area contributed by atoms with E-state index in [2.05, 4.69) is 26.6 Å². The molecule has 0 bridgehead atoms. The van der Waals surface area contributed by atoms with Crippen molar-refractivity contribution in [2.45, 2.75) is 0 Å². The molecule has 0 aliphatic carbocycles. The number of rotatable bonds is 9. The van der Waals surface area contributed by atoms with E-state index in [9.17, 15) is 25.0 Å². The average Bonchev–Trinajstić information content (AvgIpc) is 2.87. The zero-order valence-electron chi connectivity index (χ0n) is 19.2. The van der Waals surface area contributed by atoms with Crippen molar-refractivity contribution in [2.75, 3.05) is 24.4 Å². The third kappa shape index (κ3) is 7.54. The highest BCUT2D eigenvalue weighted by molar-refractivity contribution is 9.10. The number of hydrogen-bond acceptors (Lipinski definition) is 7. The zero-order valence-corrected chi connectivity index (χ0v) is 21.5. The van der Waals surface area contributed by atoms with Gasteiger partial charge in [-0.3, -0.25) is 19.7 Å². The summed E-state index contributed by atoms with van der Waals surface area (Å²) in [6.45, 7) is -0.318. The van der Waals surface area contributed by atoms with E-state index in [1.807, 2.05) is 6.07 Å². The van der Waals surface area contributed by atoms with E-state index >= 15 is 0 Å². The minimum absolute atomic E-state index is 0.166. The second kappa shape index (κ2) is 12.5. The van der Waals surface area contributed by atoms with Gasteiger partial charge in [0.2, 0.25) is 0 Å². The first kappa shape index (κ1) is 27.2. The number of hydrogen-bond donors (Lipinski definition) is 2. The predicted octanol–water partition coefficient (Wildman–Crippen LogP) is 5.58. The maximum Gasteiger partial charge on any atom is 0.271 e. The number of halogens is 2. The van der Waals surface area contributed by atoms with E-state index in [0.717, 1.165) is 0 Å². The van der Waals surface area contributed by atoms with E-state index in [4.69, 9.17) is 21.1 Å². The molecule has 3 aromatic rings. The fraction of sp³-hybridized carbons (Fsp3) is 0.0800. The topological polar surface area (TPSA) is 144 Å². The number of methoxy groups -OCH3 is 1. The number of non-ortho nitro benzene ring substituents is 1. The molecule has 0 aliphatic heterocycles. The highest BCUT2D eigenvalue weighted by Crippen LogP contribution is 2.37. The number of nitriles is 1. The number of carbonyl (C=O) groups excluding carboxylic acids is 2. The monoisotopic (exact) mass is 584 g/mol. The summed E-state index contributed by atoms with van der Waals surface area (Å²) in [4.78, 5) is 35.2. The summed E-state index contributed by atoms with van der Waals surface area (Å²) in [6, 6.07) is 16.9. The molecular weight excluding hydrogens is 568 g/mol. The Morgan fingerprint density at radius 3 is 2.51 bits per heavy atom. The molecule has 0 unspecified atom stereocenters. The van der Waals surface area contributed by atoms with Crippen LogP contribution in [-0.2, 0) is 9.59 Å². The van der Waals surface area contributed by atoms with Crippen LogP contribution >= 0.6 is 27.5 Å². The first-order valence-corrected chi connectivity index (χ1v) is 11.6. The van der Waals surface area contributed by atoms with E-state index < -0.39 is 16.7 Å². The molecule has 0 heterocycles. The maximum atomic E-state index is 12.6. The number of ether oxygens (including phenoxy) is 2. The lowest BCUT2D eigenvalue weighted by Crippen LogP contribution is -2.20. The van der Waals surface area contributed by atoms with E-state index in [0.29, 0.717) is 20.7 Å². The Bertz CT molecular complexity index is 1420. The fourth-order valence-corrected chi connectivity index (χ4v) is 3.74. The predicted molar refractivity (Wildman–Crippen MR) is 142 cm³/mol. The van der Waals surface area contributed by atoms with Crippen LogP contribution in [0.3, 0.4) is 0 Å². The van der Waals surface area contributed by atoms with Gasteiger partial charge in [0, 0.05) is 28.5 Å².